The predicted octanol–water partition coefficient (Wildman–Crippen LogP) is 1.76. The number of fused-ring (bicyclic) bond motifs is 5. The number of amides is 1. The topological polar surface area (TPSA) is 87.6 Å². The molecular weight excluding hydrogens is 240 g/mol. The van der Waals surface area contributed by atoms with E-state index in [2.05, 4.69) is 15.2 Å². The van der Waals surface area contributed by atoms with E-state index in [1.807, 2.05) is 18.3 Å². The number of hydrogen-bond acceptors (Lipinski definition) is 2. The van der Waals surface area contributed by atoms with Gasteiger partial charge in [-0.15, -0.1) is 0 Å². The molecule has 1 aromatic carbocycles. The average Bonchev–Trinajstić information content (AvgIpc) is 3.01. The van der Waals surface area contributed by atoms with Gasteiger partial charge in [-0.1, -0.05) is 0 Å². The number of nitrogens with zero attached hydrogens (tertiary/aromatic N) is 1. The highest BCUT2D eigenvalue weighted by atomic mass is 16.1. The van der Waals surface area contributed by atoms with Crippen molar-refractivity contribution in [2.24, 2.45) is 5.73 Å². The number of nitrogens with one attached hydrogen (secondary N) is 2. The maximum atomic E-state index is 11.3. The van der Waals surface area contributed by atoms with Crippen LogP contribution in [-0.4, -0.2) is 21.1 Å². The monoisotopic (exact) mass is 252 g/mol. The third-order valence-electron chi connectivity index (χ3n) is 3.80. The standard InChI is InChI=1S/C14H12N4O/c15-14(19)7-2-4-11-10(5-7)9-3-1-8-6-16-18-12(8)13(9)17-11/h2,4-6,17H,1,3H2,(H2,15,19)(H,16,18). The first kappa shape index (κ1) is 10.4. The van der Waals surface area contributed by atoms with Gasteiger partial charge in [0, 0.05) is 16.5 Å². The third-order valence-corrected chi connectivity index (χ3v) is 3.80. The van der Waals surface area contributed by atoms with E-state index in [0.29, 0.717) is 5.56 Å². The zero-order valence-corrected chi connectivity index (χ0v) is 10.2. The minimum Gasteiger partial charge on any atom is -0.366 e. The minimum absolute atomic E-state index is 0.394. The minimum atomic E-state index is -0.394. The summed E-state index contributed by atoms with van der Waals surface area (Å²) in [7, 11) is 0. The van der Waals surface area contributed by atoms with Gasteiger partial charge < -0.3 is 10.7 Å². The molecule has 0 fully saturated rings. The molecule has 0 radical (unpaired) electrons. The molecule has 4 rings (SSSR count). The van der Waals surface area contributed by atoms with Crippen LogP contribution in [0.25, 0.3) is 22.3 Å². The predicted molar refractivity (Wildman–Crippen MR) is 71.8 cm³/mol. The van der Waals surface area contributed by atoms with Crippen molar-refractivity contribution in [3.63, 3.8) is 0 Å². The number of benzene rings is 1. The van der Waals surface area contributed by atoms with Crippen LogP contribution in [-0.2, 0) is 12.8 Å². The molecule has 94 valence electrons. The molecule has 1 aliphatic rings. The van der Waals surface area contributed by atoms with Gasteiger partial charge in [0.05, 0.1) is 17.6 Å². The van der Waals surface area contributed by atoms with Gasteiger partial charge in [-0.05, 0) is 42.2 Å². The summed E-state index contributed by atoms with van der Waals surface area (Å²) in [4.78, 5) is 14.7. The second-order valence-electron chi connectivity index (χ2n) is 4.87. The molecule has 1 amide bonds. The average molecular weight is 252 g/mol. The molecule has 0 bridgehead atoms. The number of primary amides is 1. The number of carbonyl (C=O) groups is 1. The second-order valence-corrected chi connectivity index (χ2v) is 4.87. The summed E-state index contributed by atoms with van der Waals surface area (Å²) in [6.45, 7) is 0. The normalized spacial score (nSPS) is 13.3. The maximum absolute atomic E-state index is 11.3. The van der Waals surface area contributed by atoms with Gasteiger partial charge in [0.1, 0.15) is 0 Å². The number of hydrogen-bond donors (Lipinski definition) is 3. The molecule has 2 heterocycles. The summed E-state index contributed by atoms with van der Waals surface area (Å²) < 4.78 is 0. The van der Waals surface area contributed by atoms with Crippen LogP contribution >= 0.6 is 0 Å². The van der Waals surface area contributed by atoms with Crippen LogP contribution in [0.1, 0.15) is 21.5 Å². The van der Waals surface area contributed by atoms with Gasteiger partial charge >= 0.3 is 0 Å². The number of rotatable bonds is 1. The molecule has 0 aliphatic heterocycles. The van der Waals surface area contributed by atoms with Crippen LogP contribution in [0.4, 0.5) is 0 Å². The molecule has 0 saturated carbocycles. The smallest absolute Gasteiger partial charge is 0.248 e. The summed E-state index contributed by atoms with van der Waals surface area (Å²) in [5, 5.41) is 8.21. The molecule has 0 atom stereocenters. The van der Waals surface area contributed by atoms with Crippen LogP contribution in [0.15, 0.2) is 24.4 Å². The van der Waals surface area contributed by atoms with Gasteiger partial charge in [-0.25, -0.2) is 0 Å². The van der Waals surface area contributed by atoms with E-state index in [1.165, 1.54) is 11.1 Å². The first-order valence-corrected chi connectivity index (χ1v) is 6.21. The molecule has 5 nitrogen and oxygen atoms in total. The van der Waals surface area contributed by atoms with Gasteiger partial charge in [0.15, 0.2) is 0 Å². The fourth-order valence-electron chi connectivity index (χ4n) is 2.85. The highest BCUT2D eigenvalue weighted by molar-refractivity contribution is 5.99. The van der Waals surface area contributed by atoms with Crippen molar-refractivity contribution in [1.29, 1.82) is 0 Å². The van der Waals surface area contributed by atoms with Crippen LogP contribution in [0.3, 0.4) is 0 Å². The zero-order chi connectivity index (χ0) is 13.0. The Kier molecular flexibility index (Phi) is 1.90. The Morgan fingerprint density at radius 2 is 2.16 bits per heavy atom. The number of aromatic amines is 2. The lowest BCUT2D eigenvalue weighted by Gasteiger charge is -2.11. The van der Waals surface area contributed by atoms with Gasteiger partial charge in [0.2, 0.25) is 5.91 Å². The van der Waals surface area contributed by atoms with Crippen molar-refractivity contribution in [2.45, 2.75) is 12.8 Å². The first-order chi connectivity index (χ1) is 9.24. The SMILES string of the molecule is NC(=O)c1ccc2[nH]c3c(c2c1)CCc1cn[nH]c1-3. The quantitative estimate of drug-likeness (QED) is 0.616. The molecular formula is C14H12N4O. The summed E-state index contributed by atoms with van der Waals surface area (Å²) in [6, 6.07) is 5.53. The summed E-state index contributed by atoms with van der Waals surface area (Å²) in [5.74, 6) is -0.394. The van der Waals surface area contributed by atoms with Crippen molar-refractivity contribution in [2.75, 3.05) is 0 Å². The Labute approximate surface area is 108 Å². The highest BCUT2D eigenvalue weighted by Gasteiger charge is 2.22. The van der Waals surface area contributed by atoms with Crippen LogP contribution in [0.2, 0.25) is 0 Å². The molecule has 19 heavy (non-hydrogen) atoms. The Balaban J connectivity index is 2.03. The maximum Gasteiger partial charge on any atom is 0.248 e. The van der Waals surface area contributed by atoms with E-state index in [-0.39, 0.29) is 0 Å². The van der Waals surface area contributed by atoms with Crippen molar-refractivity contribution < 1.29 is 4.79 Å². The van der Waals surface area contributed by atoms with Gasteiger partial charge in [-0.3, -0.25) is 9.89 Å². The highest BCUT2D eigenvalue weighted by Crippen LogP contribution is 2.36. The van der Waals surface area contributed by atoms with E-state index >= 15 is 0 Å². The van der Waals surface area contributed by atoms with Crippen LogP contribution < -0.4 is 5.73 Å². The molecule has 0 unspecified atom stereocenters. The van der Waals surface area contributed by atoms with Crippen LogP contribution in [0.5, 0.6) is 0 Å². The fraction of sp³-hybridized carbons (Fsp3) is 0.143. The zero-order valence-electron chi connectivity index (χ0n) is 10.2. The molecule has 0 spiro atoms. The van der Waals surface area contributed by atoms with E-state index in [0.717, 1.165) is 35.1 Å². The molecule has 5 heteroatoms. The molecule has 0 saturated heterocycles. The largest absolute Gasteiger partial charge is 0.366 e. The fourth-order valence-corrected chi connectivity index (χ4v) is 2.85. The lowest BCUT2D eigenvalue weighted by Crippen LogP contribution is -2.10. The second kappa shape index (κ2) is 3.47. The number of aromatic nitrogens is 3. The van der Waals surface area contributed by atoms with Crippen molar-refractivity contribution in [1.82, 2.24) is 15.2 Å². The van der Waals surface area contributed by atoms with Gasteiger partial charge in [-0.2, -0.15) is 5.10 Å². The number of carbonyl (C=O) groups excluding carboxylic acids is 1. The molecule has 2 aromatic heterocycles. The summed E-state index contributed by atoms with van der Waals surface area (Å²) >= 11 is 0. The summed E-state index contributed by atoms with van der Waals surface area (Å²) in [5.41, 5.74) is 11.5. The summed E-state index contributed by atoms with van der Waals surface area (Å²) in [6.07, 6.45) is 3.79. The van der Waals surface area contributed by atoms with E-state index < -0.39 is 5.91 Å². The van der Waals surface area contributed by atoms with Crippen molar-refractivity contribution in [3.8, 4) is 11.4 Å². The molecule has 3 aromatic rings. The number of nitrogens with two attached hydrogens (primary N) is 1. The molecule has 4 N–H and O–H groups in total. The third kappa shape index (κ3) is 1.35. The lowest BCUT2D eigenvalue weighted by molar-refractivity contribution is 0.100. The van der Waals surface area contributed by atoms with E-state index in [4.69, 9.17) is 5.73 Å². The Morgan fingerprint density at radius 1 is 1.26 bits per heavy atom. The lowest BCUT2D eigenvalue weighted by atomic mass is 9.93. The van der Waals surface area contributed by atoms with Crippen molar-refractivity contribution in [3.05, 3.63) is 41.1 Å². The number of H-pyrrole nitrogens is 2. The molecule has 1 aliphatic carbocycles. The Morgan fingerprint density at radius 3 is 3.00 bits per heavy atom. The first-order valence-electron chi connectivity index (χ1n) is 6.21. The van der Waals surface area contributed by atoms with E-state index in [9.17, 15) is 4.79 Å². The Hall–Kier alpha value is -2.56. The number of aryl methyl sites for hydroxylation is 2. The van der Waals surface area contributed by atoms with Gasteiger partial charge in [0.25, 0.3) is 0 Å². The van der Waals surface area contributed by atoms with E-state index in [1.54, 1.807) is 6.07 Å². The van der Waals surface area contributed by atoms with Crippen molar-refractivity contribution >= 4 is 16.8 Å². The van der Waals surface area contributed by atoms with Crippen LogP contribution in [0, 0.1) is 0 Å². The Bertz CT molecular complexity index is 812.